The largest absolute Gasteiger partial charge is 0.437 e. The van der Waals surface area contributed by atoms with Crippen LogP contribution in [0.1, 0.15) is 39.0 Å². The molecule has 0 atom stereocenters. The highest BCUT2D eigenvalue weighted by atomic mass is 19.1. The molecule has 0 bridgehead atoms. The number of aromatic nitrogens is 2. The molecule has 1 aliphatic carbocycles. The Morgan fingerprint density at radius 1 is 1.28 bits per heavy atom. The number of hydrogen-bond acceptors (Lipinski definition) is 4. The maximum absolute atomic E-state index is 13.0. The average molecular weight is 347 g/mol. The van der Waals surface area contributed by atoms with Crippen LogP contribution >= 0.6 is 0 Å². The smallest absolute Gasteiger partial charge is 0.388 e. The van der Waals surface area contributed by atoms with Crippen LogP contribution in [0.3, 0.4) is 0 Å². The highest BCUT2D eigenvalue weighted by Crippen LogP contribution is 2.23. The van der Waals surface area contributed by atoms with Crippen molar-refractivity contribution in [3.63, 3.8) is 0 Å². The van der Waals surface area contributed by atoms with Gasteiger partial charge in [-0.3, -0.25) is 4.79 Å². The average Bonchev–Trinajstić information content (AvgIpc) is 2.98. The number of amides is 1. The van der Waals surface area contributed by atoms with Crippen molar-refractivity contribution >= 4 is 5.91 Å². The molecule has 1 aromatic heterocycles. The van der Waals surface area contributed by atoms with Gasteiger partial charge >= 0.3 is 5.76 Å². The third-order valence-corrected chi connectivity index (χ3v) is 4.66. The van der Waals surface area contributed by atoms with Crippen LogP contribution in [-0.4, -0.2) is 33.2 Å². The highest BCUT2D eigenvalue weighted by molar-refractivity contribution is 5.76. The molecule has 1 amide bonds. The lowest BCUT2D eigenvalue weighted by Gasteiger charge is -2.33. The first kappa shape index (κ1) is 17.4. The Kier molecular flexibility index (Phi) is 5.31. The van der Waals surface area contributed by atoms with Gasteiger partial charge < -0.3 is 9.32 Å². The van der Waals surface area contributed by atoms with E-state index in [4.69, 9.17) is 4.42 Å². The van der Waals surface area contributed by atoms with E-state index in [1.54, 1.807) is 0 Å². The van der Waals surface area contributed by atoms with Gasteiger partial charge in [0.1, 0.15) is 12.4 Å². The monoisotopic (exact) mass is 347 g/mol. The number of carbonyl (C=O) groups is 1. The van der Waals surface area contributed by atoms with Crippen LogP contribution in [0.4, 0.5) is 4.39 Å². The third-order valence-electron chi connectivity index (χ3n) is 4.66. The first-order valence-electron chi connectivity index (χ1n) is 8.72. The van der Waals surface area contributed by atoms with Crippen molar-refractivity contribution in [2.24, 2.45) is 0 Å². The Hall–Kier alpha value is -2.44. The molecule has 1 heterocycles. The predicted molar refractivity (Wildman–Crippen MR) is 90.4 cm³/mol. The van der Waals surface area contributed by atoms with Crippen LogP contribution in [0, 0.1) is 5.82 Å². The van der Waals surface area contributed by atoms with Crippen LogP contribution < -0.4 is 5.76 Å². The van der Waals surface area contributed by atoms with Crippen molar-refractivity contribution in [2.45, 2.75) is 51.6 Å². The minimum absolute atomic E-state index is 0.0820. The Bertz CT molecular complexity index is 776. The molecule has 7 heteroatoms. The van der Waals surface area contributed by atoms with Gasteiger partial charge in [0.05, 0.1) is 0 Å². The van der Waals surface area contributed by atoms with Crippen LogP contribution in [-0.2, 0) is 11.3 Å². The predicted octanol–water partition coefficient (Wildman–Crippen LogP) is 2.82. The lowest BCUT2D eigenvalue weighted by Crippen LogP contribution is -2.43. The van der Waals surface area contributed by atoms with Crippen LogP contribution in [0.5, 0.6) is 0 Å². The van der Waals surface area contributed by atoms with E-state index in [9.17, 15) is 14.0 Å². The number of hydrogen-bond donors (Lipinski definition) is 0. The van der Waals surface area contributed by atoms with E-state index in [0.717, 1.165) is 30.4 Å². The fourth-order valence-electron chi connectivity index (χ4n) is 3.37. The fourth-order valence-corrected chi connectivity index (χ4v) is 3.37. The van der Waals surface area contributed by atoms with Gasteiger partial charge in [-0.2, -0.15) is 4.68 Å². The van der Waals surface area contributed by atoms with Crippen molar-refractivity contribution in [1.29, 1.82) is 0 Å². The summed E-state index contributed by atoms with van der Waals surface area (Å²) in [5, 5.41) is 4.08. The zero-order valence-electron chi connectivity index (χ0n) is 14.3. The SMILES string of the molecule is CCN(C(=O)Cn1nc(-c2ccc(F)cc2)oc1=O)C1CCCCC1. The molecule has 0 unspecified atom stereocenters. The van der Waals surface area contributed by atoms with Crippen LogP contribution in [0.2, 0.25) is 0 Å². The maximum atomic E-state index is 13.0. The van der Waals surface area contributed by atoms with Gasteiger partial charge in [-0.25, -0.2) is 9.18 Å². The minimum Gasteiger partial charge on any atom is -0.388 e. The summed E-state index contributed by atoms with van der Waals surface area (Å²) in [5.41, 5.74) is 0.490. The summed E-state index contributed by atoms with van der Waals surface area (Å²) in [6.45, 7) is 2.41. The van der Waals surface area contributed by atoms with Crippen molar-refractivity contribution < 1.29 is 13.6 Å². The molecule has 2 aromatic rings. The molecule has 1 saturated carbocycles. The van der Waals surface area contributed by atoms with E-state index in [1.165, 1.54) is 30.7 Å². The Morgan fingerprint density at radius 3 is 2.60 bits per heavy atom. The molecule has 0 spiro atoms. The molecule has 0 saturated heterocycles. The number of nitrogens with zero attached hydrogens (tertiary/aromatic N) is 3. The second-order valence-corrected chi connectivity index (χ2v) is 6.31. The second-order valence-electron chi connectivity index (χ2n) is 6.31. The van der Waals surface area contributed by atoms with Gasteiger partial charge in [0.15, 0.2) is 0 Å². The first-order valence-corrected chi connectivity index (χ1v) is 8.72. The molecule has 1 aromatic carbocycles. The van der Waals surface area contributed by atoms with Gasteiger partial charge in [0, 0.05) is 18.2 Å². The van der Waals surface area contributed by atoms with Crippen molar-refractivity contribution in [1.82, 2.24) is 14.7 Å². The van der Waals surface area contributed by atoms with Crippen molar-refractivity contribution in [3.8, 4) is 11.5 Å². The van der Waals surface area contributed by atoms with Crippen LogP contribution in [0.25, 0.3) is 11.5 Å². The molecule has 0 radical (unpaired) electrons. The summed E-state index contributed by atoms with van der Waals surface area (Å²) in [5.74, 6) is -1.12. The summed E-state index contributed by atoms with van der Waals surface area (Å²) < 4.78 is 19.1. The van der Waals surface area contributed by atoms with Gasteiger partial charge in [-0.1, -0.05) is 19.3 Å². The first-order chi connectivity index (χ1) is 12.1. The molecule has 3 rings (SSSR count). The number of halogens is 1. The Balaban J connectivity index is 1.74. The van der Waals surface area contributed by atoms with E-state index in [2.05, 4.69) is 5.10 Å². The quantitative estimate of drug-likeness (QED) is 0.834. The molecule has 6 nitrogen and oxygen atoms in total. The molecule has 25 heavy (non-hydrogen) atoms. The lowest BCUT2D eigenvalue weighted by molar-refractivity contribution is -0.134. The van der Waals surface area contributed by atoms with Crippen LogP contribution in [0.15, 0.2) is 33.5 Å². The summed E-state index contributed by atoms with van der Waals surface area (Å²) in [4.78, 5) is 26.4. The van der Waals surface area contributed by atoms with Gasteiger partial charge in [-0.05, 0) is 44.0 Å². The summed E-state index contributed by atoms with van der Waals surface area (Å²) in [6.07, 6.45) is 5.49. The standard InChI is InChI=1S/C18H22FN3O3/c1-2-21(15-6-4-3-5-7-15)16(23)12-22-18(24)25-17(20-22)13-8-10-14(19)11-9-13/h8-11,15H,2-7,12H2,1H3. The van der Waals surface area contributed by atoms with E-state index in [0.29, 0.717) is 12.1 Å². The van der Waals surface area contributed by atoms with Gasteiger partial charge in [-0.15, -0.1) is 5.10 Å². The molecule has 134 valence electrons. The zero-order valence-corrected chi connectivity index (χ0v) is 14.3. The summed E-state index contributed by atoms with van der Waals surface area (Å²) in [6, 6.07) is 5.73. The van der Waals surface area contributed by atoms with E-state index in [1.807, 2.05) is 11.8 Å². The molecule has 0 aliphatic heterocycles. The van der Waals surface area contributed by atoms with E-state index >= 15 is 0 Å². The lowest BCUT2D eigenvalue weighted by atomic mass is 9.94. The van der Waals surface area contributed by atoms with E-state index in [-0.39, 0.29) is 30.2 Å². The van der Waals surface area contributed by atoms with Crippen molar-refractivity contribution in [2.75, 3.05) is 6.54 Å². The molecular weight excluding hydrogens is 325 g/mol. The Labute approximate surface area is 145 Å². The number of rotatable bonds is 5. The molecular formula is C18H22FN3O3. The molecule has 1 aliphatic rings. The van der Waals surface area contributed by atoms with E-state index < -0.39 is 5.76 Å². The molecule has 0 N–H and O–H groups in total. The second kappa shape index (κ2) is 7.63. The number of benzene rings is 1. The number of carbonyl (C=O) groups excluding carboxylic acids is 1. The zero-order chi connectivity index (χ0) is 17.8. The van der Waals surface area contributed by atoms with Gasteiger partial charge in [0.25, 0.3) is 0 Å². The summed E-state index contributed by atoms with van der Waals surface area (Å²) >= 11 is 0. The van der Waals surface area contributed by atoms with Crippen molar-refractivity contribution in [3.05, 3.63) is 40.6 Å². The topological polar surface area (TPSA) is 68.3 Å². The minimum atomic E-state index is -0.688. The summed E-state index contributed by atoms with van der Waals surface area (Å²) in [7, 11) is 0. The van der Waals surface area contributed by atoms with Gasteiger partial charge in [0.2, 0.25) is 11.8 Å². The normalized spacial score (nSPS) is 15.3. The fraction of sp³-hybridized carbons (Fsp3) is 0.500. The third kappa shape index (κ3) is 3.97. The Morgan fingerprint density at radius 2 is 1.96 bits per heavy atom. The maximum Gasteiger partial charge on any atom is 0.437 e. The highest BCUT2D eigenvalue weighted by Gasteiger charge is 2.25. The molecule has 1 fully saturated rings. The number of likely N-dealkylation sites (N-methyl/N-ethyl adjacent to an activating group) is 1.